The maximum atomic E-state index is 12.0. The van der Waals surface area contributed by atoms with Gasteiger partial charge in [-0.3, -0.25) is 4.21 Å². The smallest absolute Gasteiger partial charge is 0.242 e. The number of nitrogens with two attached hydrogens (primary N) is 1. The average molecular weight is 355 g/mol. The molecule has 0 aliphatic carbocycles. The van der Waals surface area contributed by atoms with Gasteiger partial charge >= 0.3 is 0 Å². The fourth-order valence-corrected chi connectivity index (χ4v) is 3.73. The number of hydrogen-bond acceptors (Lipinski definition) is 4. The molecule has 0 bridgehead atoms. The first kappa shape index (κ1) is 17.5. The Labute approximate surface area is 131 Å². The van der Waals surface area contributed by atoms with E-state index < -0.39 is 20.8 Å². The Balaban J connectivity index is 2.82. The molecule has 1 rings (SSSR count). The van der Waals surface area contributed by atoms with Crippen LogP contribution in [0.2, 0.25) is 5.02 Å². The number of sulfonamides is 1. The molecule has 0 amide bonds. The zero-order valence-corrected chi connectivity index (χ0v) is 14.0. The van der Waals surface area contributed by atoms with Crippen molar-refractivity contribution in [3.8, 4) is 0 Å². The van der Waals surface area contributed by atoms with Crippen molar-refractivity contribution in [3.63, 3.8) is 0 Å². The number of nitrogens with one attached hydrogen (secondary N) is 1. The van der Waals surface area contributed by atoms with Crippen LogP contribution >= 0.6 is 23.8 Å². The minimum Gasteiger partial charge on any atom is -0.389 e. The van der Waals surface area contributed by atoms with E-state index in [0.29, 0.717) is 17.7 Å². The summed E-state index contributed by atoms with van der Waals surface area (Å²) in [6, 6.07) is 4.28. The van der Waals surface area contributed by atoms with Gasteiger partial charge in [0.25, 0.3) is 0 Å². The van der Waals surface area contributed by atoms with Gasteiger partial charge in [-0.25, -0.2) is 13.1 Å². The van der Waals surface area contributed by atoms with Crippen LogP contribution in [0.15, 0.2) is 23.1 Å². The largest absolute Gasteiger partial charge is 0.389 e. The minimum absolute atomic E-state index is 0.0308. The second-order valence-electron chi connectivity index (χ2n) is 4.04. The Morgan fingerprint density at radius 2 is 2.15 bits per heavy atom. The molecule has 0 saturated carbocycles. The van der Waals surface area contributed by atoms with Crippen LogP contribution < -0.4 is 10.5 Å². The summed E-state index contributed by atoms with van der Waals surface area (Å²) in [5, 5.41) is 0.0573. The maximum absolute atomic E-state index is 12.0. The van der Waals surface area contributed by atoms with Crippen molar-refractivity contribution in [2.24, 2.45) is 5.73 Å². The minimum atomic E-state index is -3.70. The summed E-state index contributed by atoms with van der Waals surface area (Å²) < 4.78 is 37.4. The maximum Gasteiger partial charge on any atom is 0.242 e. The molecule has 0 radical (unpaired) electrons. The van der Waals surface area contributed by atoms with Gasteiger partial charge in [0.1, 0.15) is 9.88 Å². The summed E-state index contributed by atoms with van der Waals surface area (Å²) in [6.07, 6.45) is 2.06. The molecule has 0 fully saturated rings. The van der Waals surface area contributed by atoms with Gasteiger partial charge in [-0.1, -0.05) is 29.9 Å². The predicted octanol–water partition coefficient (Wildman–Crippen LogP) is 1.02. The summed E-state index contributed by atoms with van der Waals surface area (Å²) in [5.41, 5.74) is 5.95. The topological polar surface area (TPSA) is 89.3 Å². The molecule has 9 heteroatoms. The third-order valence-corrected chi connectivity index (χ3v) is 5.45. The zero-order valence-electron chi connectivity index (χ0n) is 10.8. The summed E-state index contributed by atoms with van der Waals surface area (Å²) in [7, 11) is -4.64. The highest BCUT2D eigenvalue weighted by atomic mass is 35.5. The van der Waals surface area contributed by atoms with Crippen LogP contribution in [0, 0.1) is 0 Å². The van der Waals surface area contributed by atoms with Crippen molar-refractivity contribution < 1.29 is 12.6 Å². The first-order valence-electron chi connectivity index (χ1n) is 5.63. The van der Waals surface area contributed by atoms with Crippen LogP contribution in [-0.4, -0.2) is 36.2 Å². The van der Waals surface area contributed by atoms with Gasteiger partial charge in [-0.2, -0.15) is 0 Å². The molecule has 0 aliphatic rings. The van der Waals surface area contributed by atoms with Crippen LogP contribution in [0.1, 0.15) is 12.0 Å². The molecule has 0 heterocycles. The fourth-order valence-electron chi connectivity index (χ4n) is 1.43. The molecule has 112 valence electrons. The molecule has 0 saturated heterocycles. The first-order chi connectivity index (χ1) is 9.24. The Hall–Kier alpha value is -0.540. The predicted molar refractivity (Wildman–Crippen MR) is 86.1 cm³/mol. The highest BCUT2D eigenvalue weighted by molar-refractivity contribution is 7.89. The van der Waals surface area contributed by atoms with Gasteiger partial charge in [0.05, 0.1) is 5.02 Å². The molecule has 3 N–H and O–H groups in total. The summed E-state index contributed by atoms with van der Waals surface area (Å²) in [4.78, 5) is 0.117. The third kappa shape index (κ3) is 5.10. The summed E-state index contributed by atoms with van der Waals surface area (Å²) in [6.45, 7) is 0.204. The Kier molecular flexibility index (Phi) is 6.53. The van der Waals surface area contributed by atoms with Crippen molar-refractivity contribution in [2.45, 2.75) is 11.3 Å². The van der Waals surface area contributed by atoms with Gasteiger partial charge < -0.3 is 5.73 Å². The van der Waals surface area contributed by atoms with Gasteiger partial charge in [0, 0.05) is 34.9 Å². The number of benzene rings is 1. The quantitative estimate of drug-likeness (QED) is 0.563. The highest BCUT2D eigenvalue weighted by Gasteiger charge is 2.18. The molecule has 1 unspecified atom stereocenters. The molecule has 1 atom stereocenters. The zero-order chi connectivity index (χ0) is 15.3. The summed E-state index contributed by atoms with van der Waals surface area (Å²) >= 11 is 10.7. The van der Waals surface area contributed by atoms with E-state index in [1.54, 1.807) is 6.26 Å². The van der Waals surface area contributed by atoms with Crippen molar-refractivity contribution in [3.05, 3.63) is 28.8 Å². The molecule has 1 aromatic carbocycles. The summed E-state index contributed by atoms with van der Waals surface area (Å²) in [5.74, 6) is 0.441. The number of thiocarbonyl (C=S) groups is 1. The van der Waals surface area contributed by atoms with E-state index in [1.807, 2.05) is 0 Å². The van der Waals surface area contributed by atoms with Crippen LogP contribution in [0.5, 0.6) is 0 Å². The lowest BCUT2D eigenvalue weighted by atomic mass is 10.2. The Bertz CT molecular complexity index is 632. The molecule has 20 heavy (non-hydrogen) atoms. The van der Waals surface area contributed by atoms with Crippen molar-refractivity contribution >= 4 is 49.6 Å². The highest BCUT2D eigenvalue weighted by Crippen LogP contribution is 2.22. The van der Waals surface area contributed by atoms with Gasteiger partial charge in [-0.05, 0) is 18.6 Å². The Morgan fingerprint density at radius 3 is 2.65 bits per heavy atom. The number of rotatable bonds is 7. The molecular formula is C11H15ClN2O3S3. The van der Waals surface area contributed by atoms with E-state index in [-0.39, 0.29) is 21.5 Å². The first-order valence-corrected chi connectivity index (χ1v) is 9.63. The van der Waals surface area contributed by atoms with E-state index in [0.717, 1.165) is 0 Å². The number of hydrogen-bond donors (Lipinski definition) is 2. The Morgan fingerprint density at radius 1 is 1.50 bits per heavy atom. The SMILES string of the molecule is CS(=O)CCCNS(=O)(=O)c1ccc(C(N)=S)cc1Cl. The lowest BCUT2D eigenvalue weighted by molar-refractivity contribution is 0.580. The van der Waals surface area contributed by atoms with E-state index in [2.05, 4.69) is 4.72 Å². The molecule has 0 aromatic heterocycles. The normalized spacial score (nSPS) is 13.1. The van der Waals surface area contributed by atoms with Gasteiger partial charge in [0.15, 0.2) is 0 Å². The third-order valence-electron chi connectivity index (χ3n) is 2.41. The second kappa shape index (κ2) is 7.46. The molecule has 0 spiro atoms. The second-order valence-corrected chi connectivity index (χ2v) is 8.18. The van der Waals surface area contributed by atoms with Crippen LogP contribution in [0.25, 0.3) is 0 Å². The lowest BCUT2D eigenvalue weighted by Gasteiger charge is -2.09. The van der Waals surface area contributed by atoms with Crippen LogP contribution in [-0.2, 0) is 20.8 Å². The van der Waals surface area contributed by atoms with Crippen LogP contribution in [0.4, 0.5) is 0 Å². The van der Waals surface area contributed by atoms with E-state index >= 15 is 0 Å². The number of halogens is 1. The van der Waals surface area contributed by atoms with Crippen LogP contribution in [0.3, 0.4) is 0 Å². The van der Waals surface area contributed by atoms with E-state index in [9.17, 15) is 12.6 Å². The van der Waals surface area contributed by atoms with Gasteiger partial charge in [-0.15, -0.1) is 0 Å². The lowest BCUT2D eigenvalue weighted by Crippen LogP contribution is -2.26. The van der Waals surface area contributed by atoms with E-state index in [4.69, 9.17) is 29.6 Å². The monoisotopic (exact) mass is 354 g/mol. The molecular weight excluding hydrogens is 340 g/mol. The average Bonchev–Trinajstić information content (AvgIpc) is 2.34. The van der Waals surface area contributed by atoms with E-state index in [1.165, 1.54) is 18.2 Å². The van der Waals surface area contributed by atoms with Gasteiger partial charge in [0.2, 0.25) is 10.0 Å². The van der Waals surface area contributed by atoms with Crippen molar-refractivity contribution in [1.82, 2.24) is 4.72 Å². The molecule has 0 aliphatic heterocycles. The molecule has 1 aromatic rings. The molecule has 5 nitrogen and oxygen atoms in total. The van der Waals surface area contributed by atoms with Crippen molar-refractivity contribution in [1.29, 1.82) is 0 Å². The fraction of sp³-hybridized carbons (Fsp3) is 0.364. The van der Waals surface area contributed by atoms with Crippen molar-refractivity contribution in [2.75, 3.05) is 18.6 Å². The standard InChI is InChI=1S/C11H15ClN2O3S3/c1-19(15)6-2-5-14-20(16,17)10-4-3-8(11(13)18)7-9(10)12/h3-4,7,14H,2,5-6H2,1H3,(H2,13,18).